The fraction of sp³-hybridized carbons (Fsp3) is 0.471. The standard InChI is InChI=1S/C17H21N3O2S/c1-13(21)15-6-7-16(23-15)17(22)20-11-3-2-5-14(20)8-12-19-10-4-9-18-19/h4,6-7,9-10,14H,2-3,5,8,11-12H2,1H3/t14-/m0/s1. The molecule has 1 saturated heterocycles. The van der Waals surface area contributed by atoms with Gasteiger partial charge in [0.05, 0.1) is 9.75 Å². The van der Waals surface area contributed by atoms with E-state index in [9.17, 15) is 9.59 Å². The van der Waals surface area contributed by atoms with Crippen LogP contribution < -0.4 is 0 Å². The number of rotatable bonds is 5. The molecule has 1 fully saturated rings. The molecule has 1 aliphatic heterocycles. The molecule has 0 bridgehead atoms. The van der Waals surface area contributed by atoms with E-state index in [1.165, 1.54) is 18.3 Å². The maximum atomic E-state index is 12.8. The number of likely N-dealkylation sites (tertiary alicyclic amines) is 1. The van der Waals surface area contributed by atoms with Crippen LogP contribution in [0.15, 0.2) is 30.6 Å². The number of Topliss-reactive ketones (excluding diaryl/α,β-unsaturated/α-hetero) is 1. The Morgan fingerprint density at radius 1 is 1.30 bits per heavy atom. The minimum atomic E-state index is 0.0166. The van der Waals surface area contributed by atoms with Gasteiger partial charge in [0.2, 0.25) is 0 Å². The molecule has 0 saturated carbocycles. The van der Waals surface area contributed by atoms with Gasteiger partial charge in [0.25, 0.3) is 5.91 Å². The molecular formula is C17H21N3O2S. The summed E-state index contributed by atoms with van der Waals surface area (Å²) in [7, 11) is 0. The maximum absolute atomic E-state index is 12.8. The predicted octanol–water partition coefficient (Wildman–Crippen LogP) is 3.23. The van der Waals surface area contributed by atoms with Gasteiger partial charge in [0, 0.05) is 31.5 Å². The molecule has 1 aliphatic rings. The molecule has 3 heterocycles. The average molecular weight is 331 g/mol. The van der Waals surface area contributed by atoms with E-state index >= 15 is 0 Å². The number of aryl methyl sites for hydroxylation is 1. The average Bonchev–Trinajstić information content (AvgIpc) is 3.24. The topological polar surface area (TPSA) is 55.2 Å². The van der Waals surface area contributed by atoms with E-state index < -0.39 is 0 Å². The fourth-order valence-electron chi connectivity index (χ4n) is 3.07. The second-order valence-electron chi connectivity index (χ2n) is 5.93. The minimum Gasteiger partial charge on any atom is -0.335 e. The van der Waals surface area contributed by atoms with E-state index in [1.807, 2.05) is 21.8 Å². The van der Waals surface area contributed by atoms with Crippen molar-refractivity contribution in [2.24, 2.45) is 0 Å². The van der Waals surface area contributed by atoms with Crippen molar-refractivity contribution in [3.05, 3.63) is 40.3 Å². The van der Waals surface area contributed by atoms with E-state index in [2.05, 4.69) is 5.10 Å². The summed E-state index contributed by atoms with van der Waals surface area (Å²) in [5.41, 5.74) is 0. The molecular weight excluding hydrogens is 310 g/mol. The molecule has 122 valence electrons. The molecule has 2 aromatic heterocycles. The third-order valence-electron chi connectivity index (χ3n) is 4.30. The van der Waals surface area contributed by atoms with Crippen molar-refractivity contribution < 1.29 is 9.59 Å². The van der Waals surface area contributed by atoms with Gasteiger partial charge in [-0.3, -0.25) is 14.3 Å². The number of carbonyl (C=O) groups is 2. The first kappa shape index (κ1) is 15.9. The lowest BCUT2D eigenvalue weighted by Gasteiger charge is -2.35. The molecule has 2 aromatic rings. The van der Waals surface area contributed by atoms with Crippen LogP contribution in [0.5, 0.6) is 0 Å². The fourth-order valence-corrected chi connectivity index (χ4v) is 3.92. The minimum absolute atomic E-state index is 0.0166. The van der Waals surface area contributed by atoms with Gasteiger partial charge in [-0.1, -0.05) is 0 Å². The Morgan fingerprint density at radius 2 is 2.13 bits per heavy atom. The van der Waals surface area contributed by atoms with Crippen LogP contribution in [0.2, 0.25) is 0 Å². The molecule has 0 N–H and O–H groups in total. The van der Waals surface area contributed by atoms with Gasteiger partial charge in [-0.2, -0.15) is 5.10 Å². The number of carbonyl (C=O) groups excluding carboxylic acids is 2. The number of hydrogen-bond acceptors (Lipinski definition) is 4. The molecule has 0 aliphatic carbocycles. The van der Waals surface area contributed by atoms with Gasteiger partial charge in [0.15, 0.2) is 5.78 Å². The van der Waals surface area contributed by atoms with Crippen molar-refractivity contribution >= 4 is 23.0 Å². The van der Waals surface area contributed by atoms with E-state index in [-0.39, 0.29) is 17.7 Å². The molecule has 23 heavy (non-hydrogen) atoms. The molecule has 3 rings (SSSR count). The summed E-state index contributed by atoms with van der Waals surface area (Å²) in [6.45, 7) is 3.16. The number of nitrogens with zero attached hydrogens (tertiary/aromatic N) is 3. The van der Waals surface area contributed by atoms with Crippen molar-refractivity contribution in [2.75, 3.05) is 6.54 Å². The zero-order chi connectivity index (χ0) is 16.2. The van der Waals surface area contributed by atoms with Crippen LogP contribution in [0.1, 0.15) is 52.0 Å². The first-order chi connectivity index (χ1) is 11.1. The van der Waals surface area contributed by atoms with Crippen LogP contribution in [0, 0.1) is 0 Å². The normalized spacial score (nSPS) is 18.1. The molecule has 0 aromatic carbocycles. The number of piperidine rings is 1. The first-order valence-corrected chi connectivity index (χ1v) is 8.86. The van der Waals surface area contributed by atoms with Crippen molar-refractivity contribution in [3.8, 4) is 0 Å². The maximum Gasteiger partial charge on any atom is 0.264 e. The smallest absolute Gasteiger partial charge is 0.264 e. The largest absolute Gasteiger partial charge is 0.335 e. The molecule has 0 spiro atoms. The zero-order valence-corrected chi connectivity index (χ0v) is 14.1. The van der Waals surface area contributed by atoms with Gasteiger partial charge >= 0.3 is 0 Å². The lowest BCUT2D eigenvalue weighted by atomic mass is 9.99. The molecule has 0 radical (unpaired) electrons. The Hall–Kier alpha value is -1.95. The van der Waals surface area contributed by atoms with Crippen LogP contribution in [0.25, 0.3) is 0 Å². The van der Waals surface area contributed by atoms with Crippen LogP contribution in [0.3, 0.4) is 0 Å². The lowest BCUT2D eigenvalue weighted by molar-refractivity contribution is 0.0599. The summed E-state index contributed by atoms with van der Waals surface area (Å²) >= 11 is 1.30. The highest BCUT2D eigenvalue weighted by Crippen LogP contribution is 2.25. The summed E-state index contributed by atoms with van der Waals surface area (Å²) in [5.74, 6) is 0.0793. The Balaban J connectivity index is 1.69. The number of amides is 1. The number of thiophene rings is 1. The number of aromatic nitrogens is 2. The Labute approximate surface area is 139 Å². The summed E-state index contributed by atoms with van der Waals surface area (Å²) in [5, 5.41) is 4.23. The lowest BCUT2D eigenvalue weighted by Crippen LogP contribution is -2.44. The third kappa shape index (κ3) is 3.69. The Morgan fingerprint density at radius 3 is 2.83 bits per heavy atom. The first-order valence-electron chi connectivity index (χ1n) is 8.04. The van der Waals surface area contributed by atoms with Crippen molar-refractivity contribution in [1.29, 1.82) is 0 Å². The van der Waals surface area contributed by atoms with E-state index in [4.69, 9.17) is 0 Å². The van der Waals surface area contributed by atoms with E-state index in [0.29, 0.717) is 9.75 Å². The van der Waals surface area contributed by atoms with Crippen LogP contribution in [0.4, 0.5) is 0 Å². The predicted molar refractivity (Wildman–Crippen MR) is 89.8 cm³/mol. The summed E-state index contributed by atoms with van der Waals surface area (Å²) in [6, 6.07) is 5.70. The summed E-state index contributed by atoms with van der Waals surface area (Å²) in [4.78, 5) is 27.5. The Bertz CT molecular complexity index is 678. The molecule has 5 nitrogen and oxygen atoms in total. The molecule has 6 heteroatoms. The van der Waals surface area contributed by atoms with Crippen LogP contribution in [-0.4, -0.2) is 39.0 Å². The van der Waals surface area contributed by atoms with Gasteiger partial charge < -0.3 is 4.90 Å². The second kappa shape index (κ2) is 7.08. The molecule has 0 unspecified atom stereocenters. The van der Waals surface area contributed by atoms with Gasteiger partial charge in [-0.05, 0) is 50.8 Å². The Kier molecular flexibility index (Phi) is 4.91. The summed E-state index contributed by atoms with van der Waals surface area (Å²) < 4.78 is 1.91. The van der Waals surface area contributed by atoms with Gasteiger partial charge in [-0.25, -0.2) is 0 Å². The summed E-state index contributed by atoms with van der Waals surface area (Å²) in [6.07, 6.45) is 7.90. The third-order valence-corrected chi connectivity index (χ3v) is 5.48. The highest BCUT2D eigenvalue weighted by Gasteiger charge is 2.28. The highest BCUT2D eigenvalue weighted by molar-refractivity contribution is 7.15. The quantitative estimate of drug-likeness (QED) is 0.790. The molecule has 1 atom stereocenters. The monoisotopic (exact) mass is 331 g/mol. The molecule has 1 amide bonds. The van der Waals surface area contributed by atoms with Crippen molar-refractivity contribution in [1.82, 2.24) is 14.7 Å². The van der Waals surface area contributed by atoms with Crippen LogP contribution >= 0.6 is 11.3 Å². The number of hydrogen-bond donors (Lipinski definition) is 0. The SMILES string of the molecule is CC(=O)c1ccc(C(=O)N2CCCC[C@H]2CCn2cccn2)s1. The van der Waals surface area contributed by atoms with Crippen molar-refractivity contribution in [2.45, 2.75) is 45.2 Å². The second-order valence-corrected chi connectivity index (χ2v) is 7.01. The van der Waals surface area contributed by atoms with E-state index in [1.54, 1.807) is 18.3 Å². The zero-order valence-electron chi connectivity index (χ0n) is 13.3. The van der Waals surface area contributed by atoms with Crippen LogP contribution in [-0.2, 0) is 6.54 Å². The van der Waals surface area contributed by atoms with Crippen molar-refractivity contribution in [3.63, 3.8) is 0 Å². The van der Waals surface area contributed by atoms with Gasteiger partial charge in [-0.15, -0.1) is 11.3 Å². The highest BCUT2D eigenvalue weighted by atomic mass is 32.1. The van der Waals surface area contributed by atoms with E-state index in [0.717, 1.165) is 38.8 Å². The van der Waals surface area contributed by atoms with Gasteiger partial charge in [0.1, 0.15) is 0 Å². The number of ketones is 1.